The maximum absolute atomic E-state index is 12.8. The van der Waals surface area contributed by atoms with Crippen molar-refractivity contribution >= 4 is 27.5 Å². The van der Waals surface area contributed by atoms with Crippen LogP contribution in [0.1, 0.15) is 20.1 Å². The molecule has 1 aromatic rings. The molecule has 248 valence electrons. The van der Waals surface area contributed by atoms with E-state index < -0.39 is 113 Å². The second-order valence-electron chi connectivity index (χ2n) is 9.85. The molecule has 0 radical (unpaired) electrons. The van der Waals surface area contributed by atoms with Crippen molar-refractivity contribution < 1.29 is 81.2 Å². The third-order valence-corrected chi connectivity index (χ3v) is 9.22. The number of rotatable bonds is 11. The van der Waals surface area contributed by atoms with Crippen molar-refractivity contribution in [2.75, 3.05) is 13.2 Å². The highest BCUT2D eigenvalue weighted by atomic mass is 31.3. The molecule has 3 fully saturated rings. The van der Waals surface area contributed by atoms with Gasteiger partial charge in [0.2, 0.25) is 5.91 Å². The number of aliphatic carboxylic acids is 1. The zero-order chi connectivity index (χ0) is 32.8. The van der Waals surface area contributed by atoms with E-state index in [0.717, 1.165) is 30.7 Å². The summed E-state index contributed by atoms with van der Waals surface area (Å²) in [5, 5.41) is 42.0. The van der Waals surface area contributed by atoms with Gasteiger partial charge in [-0.15, -0.1) is 0 Å². The van der Waals surface area contributed by atoms with E-state index in [2.05, 4.69) is 14.2 Å². The van der Waals surface area contributed by atoms with Crippen LogP contribution in [-0.4, -0.2) is 120 Å². The van der Waals surface area contributed by atoms with Gasteiger partial charge in [-0.2, -0.15) is 4.31 Å². The number of fused-ring (bicyclic) bond motifs is 1. The number of aliphatic hydroxyl groups excluding tert-OH is 3. The monoisotopic (exact) mass is 677 g/mol. The predicted molar refractivity (Wildman–Crippen MR) is 134 cm³/mol. The van der Waals surface area contributed by atoms with Gasteiger partial charge in [-0.05, 0) is 0 Å². The Kier molecular flexibility index (Phi) is 10.0. The van der Waals surface area contributed by atoms with E-state index in [0.29, 0.717) is 0 Å². The molecule has 0 spiro atoms. The molecule has 0 saturated carbocycles. The average molecular weight is 677 g/mol. The van der Waals surface area contributed by atoms with Crippen molar-refractivity contribution in [1.29, 1.82) is 0 Å². The van der Waals surface area contributed by atoms with Crippen LogP contribution >= 0.6 is 15.6 Å². The minimum absolute atomic E-state index is 0.720. The van der Waals surface area contributed by atoms with Gasteiger partial charge in [0.25, 0.3) is 11.3 Å². The van der Waals surface area contributed by atoms with Gasteiger partial charge in [0, 0.05) is 26.1 Å². The average Bonchev–Trinajstić information content (AvgIpc) is 3.41. The molecule has 8 N–H and O–H groups in total. The number of hydrogen-bond donors (Lipinski definition) is 8. The first-order chi connectivity index (χ1) is 20.4. The Bertz CT molecular complexity index is 1470. The van der Waals surface area contributed by atoms with Crippen molar-refractivity contribution in [3.63, 3.8) is 0 Å². The topological polar surface area (TPSA) is 321 Å². The number of phosphoric acid groups is 2. The number of nitrogens with zero attached hydrogens (tertiary/aromatic N) is 1. The summed E-state index contributed by atoms with van der Waals surface area (Å²) in [5.41, 5.74) is -1.77. The molecule has 44 heavy (non-hydrogen) atoms. The SMILES string of the molecule is CC(=O)NC1C(OP(=O)(O)OP(=O)(O)OC[C@H]2O[C@@H](n3ccc(=O)[nH]c3=O)[C@H](O)[C@@H]2O)OC(CO)C2OC(C)(C(=O)O)OC12. The van der Waals surface area contributed by atoms with Gasteiger partial charge in [0.05, 0.1) is 13.2 Å². The molecule has 1 amide bonds. The van der Waals surface area contributed by atoms with E-state index in [1.54, 1.807) is 0 Å². The predicted octanol–water partition coefficient (Wildman–Crippen LogP) is -3.79. The fraction of sp³-hybridized carbons (Fsp3) is 0.700. The standard InChI is InChI=1S/C20H29N3O19P2/c1-7(25)21-11-15-14(39-20(2,40-15)18(29)30)8(5-24)38-17(11)41-44(34,35)42-43(32,33)36-6-9-12(27)13(28)16(37-9)23-4-3-10(26)22-19(23)31/h3-4,8-9,11-17,24,27-28H,5-6H2,1-2H3,(H,21,25)(H,29,30)(H,32,33)(H,34,35)(H,22,26,31)/t8?,9-,11?,12-,13-,14?,15?,16-,17?,20?/m1/s1. The fourth-order valence-electron chi connectivity index (χ4n) is 4.66. The van der Waals surface area contributed by atoms with Gasteiger partial charge >= 0.3 is 27.3 Å². The largest absolute Gasteiger partial charge is 0.483 e. The van der Waals surface area contributed by atoms with Crippen LogP contribution in [-0.2, 0) is 51.0 Å². The molecular formula is C20H29N3O19P2. The van der Waals surface area contributed by atoms with Gasteiger partial charge in [-0.1, -0.05) is 0 Å². The Hall–Kier alpha value is -2.40. The van der Waals surface area contributed by atoms with E-state index in [9.17, 15) is 58.5 Å². The summed E-state index contributed by atoms with van der Waals surface area (Å²) in [7, 11) is -11.3. The molecule has 3 aliphatic heterocycles. The highest BCUT2D eigenvalue weighted by Crippen LogP contribution is 2.61. The lowest BCUT2D eigenvalue weighted by Gasteiger charge is -2.41. The van der Waals surface area contributed by atoms with Crippen molar-refractivity contribution in [3.8, 4) is 0 Å². The molecule has 24 heteroatoms. The van der Waals surface area contributed by atoms with Crippen molar-refractivity contribution in [2.24, 2.45) is 0 Å². The lowest BCUT2D eigenvalue weighted by molar-refractivity contribution is -0.225. The number of ether oxygens (including phenoxy) is 4. The highest BCUT2D eigenvalue weighted by molar-refractivity contribution is 7.61. The second kappa shape index (κ2) is 12.8. The molecule has 22 nitrogen and oxygen atoms in total. The second-order valence-corrected chi connectivity index (χ2v) is 12.8. The van der Waals surface area contributed by atoms with Crippen LogP contribution in [0.25, 0.3) is 0 Å². The molecular weight excluding hydrogens is 648 g/mol. The molecule has 0 aliphatic carbocycles. The third-order valence-electron chi connectivity index (χ3n) is 6.61. The molecule has 3 aliphatic rings. The van der Waals surface area contributed by atoms with Crippen molar-refractivity contribution in [2.45, 2.75) is 74.8 Å². The molecule has 0 aromatic carbocycles. The van der Waals surface area contributed by atoms with Gasteiger partial charge in [0.1, 0.15) is 42.7 Å². The van der Waals surface area contributed by atoms with E-state index in [-0.39, 0.29) is 0 Å². The van der Waals surface area contributed by atoms with Crippen molar-refractivity contribution in [3.05, 3.63) is 33.1 Å². The van der Waals surface area contributed by atoms with Gasteiger partial charge in [0.15, 0.2) is 12.5 Å². The minimum atomic E-state index is -5.69. The summed E-state index contributed by atoms with van der Waals surface area (Å²) in [6.45, 7) is 0.139. The number of carbonyl (C=O) groups is 2. The quantitative estimate of drug-likeness (QED) is 0.104. The van der Waals surface area contributed by atoms with E-state index in [4.69, 9.17) is 23.5 Å². The number of amides is 1. The van der Waals surface area contributed by atoms with Crippen molar-refractivity contribution in [1.82, 2.24) is 14.9 Å². The number of nitrogens with one attached hydrogen (secondary N) is 2. The first-order valence-electron chi connectivity index (χ1n) is 12.5. The molecule has 0 bridgehead atoms. The number of carboxylic acid groups (broad SMARTS) is 1. The van der Waals surface area contributed by atoms with E-state index in [1.807, 2.05) is 4.98 Å². The Balaban J connectivity index is 1.44. The molecule has 12 atom stereocenters. The smallest absolute Gasteiger partial charge is 0.477 e. The van der Waals surface area contributed by atoms with Gasteiger partial charge in [-0.25, -0.2) is 18.7 Å². The molecule has 3 saturated heterocycles. The van der Waals surface area contributed by atoms with Crippen LogP contribution in [0.4, 0.5) is 0 Å². The Morgan fingerprint density at radius 2 is 1.75 bits per heavy atom. The number of aromatic amines is 1. The summed E-state index contributed by atoms with van der Waals surface area (Å²) >= 11 is 0. The maximum Gasteiger partial charge on any atom is 0.483 e. The maximum atomic E-state index is 12.8. The molecule has 4 rings (SSSR count). The number of phosphoric ester groups is 2. The van der Waals surface area contributed by atoms with E-state index >= 15 is 0 Å². The number of hydrogen-bond acceptors (Lipinski definition) is 16. The molecule has 1 aromatic heterocycles. The molecule has 4 heterocycles. The number of carboxylic acids is 1. The number of carbonyl (C=O) groups excluding carboxylic acids is 1. The lowest BCUT2D eigenvalue weighted by atomic mass is 9.97. The van der Waals surface area contributed by atoms with Crippen LogP contribution in [0.3, 0.4) is 0 Å². The zero-order valence-corrected chi connectivity index (χ0v) is 24.4. The summed E-state index contributed by atoms with van der Waals surface area (Å²) in [6.07, 6.45) is -12.1. The minimum Gasteiger partial charge on any atom is -0.477 e. The molecule has 8 unspecified atom stereocenters. The normalized spacial score (nSPS) is 37.9. The summed E-state index contributed by atoms with van der Waals surface area (Å²) in [6, 6.07) is -0.657. The van der Waals surface area contributed by atoms with Crippen LogP contribution in [0.2, 0.25) is 0 Å². The number of aromatic nitrogens is 2. The van der Waals surface area contributed by atoms with E-state index in [1.165, 1.54) is 0 Å². The summed E-state index contributed by atoms with van der Waals surface area (Å²) in [5.74, 6) is -4.64. The lowest BCUT2D eigenvalue weighted by Crippen LogP contribution is -2.63. The number of aliphatic hydroxyl groups is 3. The Labute approximate surface area is 245 Å². The van der Waals surface area contributed by atoms with Gasteiger partial charge < -0.3 is 54.5 Å². The van der Waals surface area contributed by atoms with Gasteiger partial charge in [-0.3, -0.25) is 28.2 Å². The zero-order valence-electron chi connectivity index (χ0n) is 22.6. The number of H-pyrrole nitrogens is 1. The van der Waals surface area contributed by atoms with Crippen LogP contribution in [0.15, 0.2) is 21.9 Å². The summed E-state index contributed by atoms with van der Waals surface area (Å²) in [4.78, 5) is 69.0. The van der Waals surface area contributed by atoms with Crippen LogP contribution in [0.5, 0.6) is 0 Å². The summed E-state index contributed by atoms with van der Waals surface area (Å²) < 4.78 is 61.2. The first-order valence-corrected chi connectivity index (χ1v) is 15.5. The fourth-order valence-corrected chi connectivity index (χ4v) is 6.82. The Morgan fingerprint density at radius 1 is 1.09 bits per heavy atom. The van der Waals surface area contributed by atoms with Crippen LogP contribution in [0, 0.1) is 0 Å². The highest BCUT2D eigenvalue weighted by Gasteiger charge is 2.61. The Morgan fingerprint density at radius 3 is 2.34 bits per heavy atom. The first kappa shape index (κ1) is 34.5. The third kappa shape index (κ3) is 7.35. The van der Waals surface area contributed by atoms with Crippen LogP contribution < -0.4 is 16.6 Å².